The first-order chi connectivity index (χ1) is 5.17. The number of rotatable bonds is 5. The van der Waals surface area contributed by atoms with Crippen molar-refractivity contribution in [1.82, 2.24) is 4.90 Å². The van der Waals surface area contributed by atoms with Crippen LogP contribution in [0.2, 0.25) is 0 Å². The molecule has 0 aromatic heterocycles. The molecule has 11 heavy (non-hydrogen) atoms. The first kappa shape index (κ1) is 11.8. The van der Waals surface area contributed by atoms with Crippen LogP contribution >= 0.6 is 23.2 Å². The monoisotopic (exact) mass is 213 g/mol. The van der Waals surface area contributed by atoms with Gasteiger partial charge in [-0.2, -0.15) is 0 Å². The van der Waals surface area contributed by atoms with Gasteiger partial charge in [0, 0.05) is 21.8 Å². The second kappa shape index (κ2) is 6.29. The molecule has 0 aliphatic carbocycles. The van der Waals surface area contributed by atoms with E-state index >= 15 is 0 Å². The molecule has 0 heterocycles. The highest BCUT2D eigenvalue weighted by atomic mass is 35.5. The number of nitrogens with zero attached hydrogens (tertiary/aromatic N) is 1. The summed E-state index contributed by atoms with van der Waals surface area (Å²) in [5.74, 6) is 0.562. The van der Waals surface area contributed by atoms with Gasteiger partial charge < -0.3 is 4.90 Å². The Bertz CT molecular complexity index is 98.4. The van der Waals surface area contributed by atoms with Crippen LogP contribution in [-0.2, 0) is 0 Å². The number of halogens is 2. The van der Waals surface area contributed by atoms with E-state index in [0.29, 0.717) is 11.5 Å². The van der Waals surface area contributed by atoms with E-state index in [1.54, 1.807) is 0 Å². The number of alkyl halides is 2. The van der Waals surface area contributed by atoms with Gasteiger partial charge in [0.1, 0.15) is 0 Å². The van der Waals surface area contributed by atoms with E-state index in [9.17, 15) is 0 Å². The summed E-state index contributed by atoms with van der Waals surface area (Å²) in [6.45, 7) is 6.47. The molecule has 0 saturated carbocycles. The highest BCUT2D eigenvalue weighted by molar-refractivity contribution is 6.31. The topological polar surface area (TPSA) is 3.24 Å². The van der Waals surface area contributed by atoms with Gasteiger partial charge in [-0.3, -0.25) is 0 Å². The molecular formula is C7H17Cl2NSi. The summed E-state index contributed by atoms with van der Waals surface area (Å²) in [7, 11) is 1.09. The average molecular weight is 214 g/mol. The molecule has 4 heteroatoms. The zero-order chi connectivity index (χ0) is 8.85. The molecule has 0 aliphatic rings. The van der Waals surface area contributed by atoms with E-state index in [0.717, 1.165) is 23.3 Å². The van der Waals surface area contributed by atoms with Crippen molar-refractivity contribution in [3.63, 3.8) is 0 Å². The van der Waals surface area contributed by atoms with Crippen LogP contribution in [0.15, 0.2) is 0 Å². The molecule has 0 rings (SSSR count). The highest BCUT2D eigenvalue weighted by Gasteiger charge is 2.17. The van der Waals surface area contributed by atoms with Crippen molar-refractivity contribution in [3.8, 4) is 0 Å². The van der Waals surface area contributed by atoms with Crippen molar-refractivity contribution in [1.29, 1.82) is 0 Å². The van der Waals surface area contributed by atoms with Crippen LogP contribution < -0.4 is 0 Å². The van der Waals surface area contributed by atoms with Gasteiger partial charge >= 0.3 is 0 Å². The summed E-state index contributed by atoms with van der Waals surface area (Å²) in [6.07, 6.45) is 0. The van der Waals surface area contributed by atoms with E-state index in [1.165, 1.54) is 0 Å². The second-order valence-corrected chi connectivity index (χ2v) is 4.68. The molecule has 2 unspecified atom stereocenters. The Morgan fingerprint density at radius 1 is 1.36 bits per heavy atom. The first-order valence-corrected chi connectivity index (χ1v) is 6.23. The van der Waals surface area contributed by atoms with E-state index in [1.807, 2.05) is 0 Å². The minimum atomic E-state index is 0.128. The zero-order valence-corrected chi connectivity index (χ0v) is 11.0. The Morgan fingerprint density at radius 3 is 2.09 bits per heavy atom. The molecule has 0 aromatic carbocycles. The quantitative estimate of drug-likeness (QED) is 0.485. The van der Waals surface area contributed by atoms with Crippen molar-refractivity contribution in [3.05, 3.63) is 0 Å². The van der Waals surface area contributed by atoms with Gasteiger partial charge in [-0.05, 0) is 13.1 Å². The van der Waals surface area contributed by atoms with Crippen LogP contribution in [0.1, 0.15) is 13.8 Å². The van der Waals surface area contributed by atoms with Crippen molar-refractivity contribution >= 4 is 33.4 Å². The predicted molar refractivity (Wildman–Crippen MR) is 57.0 cm³/mol. The van der Waals surface area contributed by atoms with Gasteiger partial charge in [0.25, 0.3) is 0 Å². The second-order valence-electron chi connectivity index (χ2n) is 2.63. The standard InChI is InChI=1S/C7H17Cl2NSi/c1-3-10(4-2)7(11)6(9)5-8/h6-7H,3-5H2,1-2,11H3. The fourth-order valence-electron chi connectivity index (χ4n) is 1.16. The van der Waals surface area contributed by atoms with Gasteiger partial charge in [-0.15, -0.1) is 23.2 Å². The van der Waals surface area contributed by atoms with E-state index in [4.69, 9.17) is 23.2 Å². The normalized spacial score (nSPS) is 17.2. The third-order valence-corrected chi connectivity index (χ3v) is 5.03. The van der Waals surface area contributed by atoms with Gasteiger partial charge in [0.15, 0.2) is 0 Å². The van der Waals surface area contributed by atoms with E-state index < -0.39 is 0 Å². The Labute approximate surface area is 82.5 Å². The van der Waals surface area contributed by atoms with Crippen LogP contribution in [0.25, 0.3) is 0 Å². The summed E-state index contributed by atoms with van der Waals surface area (Å²) in [5.41, 5.74) is 0.518. The van der Waals surface area contributed by atoms with E-state index in [-0.39, 0.29) is 5.38 Å². The molecule has 68 valence electrons. The van der Waals surface area contributed by atoms with Crippen LogP contribution in [-0.4, -0.2) is 45.2 Å². The SMILES string of the molecule is CCN(CC)C([SiH3])C(Cl)CCl. The summed E-state index contributed by atoms with van der Waals surface area (Å²) in [5, 5.41) is 0.128. The summed E-state index contributed by atoms with van der Waals surface area (Å²) < 4.78 is 0. The van der Waals surface area contributed by atoms with Crippen molar-refractivity contribution in [2.24, 2.45) is 0 Å². The Kier molecular flexibility index (Phi) is 6.73. The van der Waals surface area contributed by atoms with Crippen LogP contribution in [0, 0.1) is 0 Å². The molecule has 0 N–H and O–H groups in total. The zero-order valence-electron chi connectivity index (χ0n) is 7.48. The maximum absolute atomic E-state index is 6.03. The smallest absolute Gasteiger partial charge is 0.0590 e. The lowest BCUT2D eigenvalue weighted by Gasteiger charge is -2.28. The van der Waals surface area contributed by atoms with Gasteiger partial charge in [0.05, 0.1) is 5.38 Å². The van der Waals surface area contributed by atoms with Gasteiger partial charge in [-0.25, -0.2) is 0 Å². The maximum Gasteiger partial charge on any atom is 0.0590 e. The Balaban J connectivity index is 3.86. The first-order valence-electron chi connectivity index (χ1n) is 4.11. The Morgan fingerprint density at radius 2 is 1.82 bits per heavy atom. The third kappa shape index (κ3) is 3.79. The number of hydrogen-bond acceptors (Lipinski definition) is 1. The van der Waals surface area contributed by atoms with Crippen molar-refractivity contribution in [2.45, 2.75) is 24.9 Å². The van der Waals surface area contributed by atoms with Crippen LogP contribution in [0.5, 0.6) is 0 Å². The molecule has 0 radical (unpaired) electrons. The van der Waals surface area contributed by atoms with Crippen molar-refractivity contribution < 1.29 is 0 Å². The summed E-state index contributed by atoms with van der Waals surface area (Å²) in [4.78, 5) is 2.37. The highest BCUT2D eigenvalue weighted by Crippen LogP contribution is 2.08. The molecule has 0 amide bonds. The molecule has 1 nitrogen and oxygen atoms in total. The molecular weight excluding hydrogens is 197 g/mol. The fourth-order valence-corrected chi connectivity index (χ4v) is 2.84. The average Bonchev–Trinajstić information content (AvgIpc) is 2.05. The molecule has 0 aromatic rings. The maximum atomic E-state index is 6.03. The van der Waals surface area contributed by atoms with Gasteiger partial charge in [0.2, 0.25) is 0 Å². The fraction of sp³-hybridized carbons (Fsp3) is 1.00. The largest absolute Gasteiger partial charge is 0.303 e. The number of hydrogen-bond donors (Lipinski definition) is 0. The van der Waals surface area contributed by atoms with Crippen molar-refractivity contribution in [2.75, 3.05) is 19.0 Å². The molecule has 0 saturated heterocycles. The molecule has 0 spiro atoms. The lowest BCUT2D eigenvalue weighted by Crippen LogP contribution is -2.42. The third-order valence-electron chi connectivity index (χ3n) is 2.06. The summed E-state index contributed by atoms with van der Waals surface area (Å²) >= 11 is 11.7. The van der Waals surface area contributed by atoms with E-state index in [2.05, 4.69) is 18.7 Å². The molecule has 0 aliphatic heterocycles. The minimum absolute atomic E-state index is 0.128. The summed E-state index contributed by atoms with van der Waals surface area (Å²) in [6, 6.07) is 0. The lowest BCUT2D eigenvalue weighted by atomic mass is 10.4. The van der Waals surface area contributed by atoms with Gasteiger partial charge in [-0.1, -0.05) is 13.8 Å². The minimum Gasteiger partial charge on any atom is -0.303 e. The molecule has 0 bridgehead atoms. The van der Waals surface area contributed by atoms with Crippen LogP contribution in [0.4, 0.5) is 0 Å². The predicted octanol–water partition coefficient (Wildman–Crippen LogP) is 0.866. The molecule has 0 fully saturated rings. The lowest BCUT2D eigenvalue weighted by molar-refractivity contribution is 0.276. The molecule has 2 atom stereocenters. The Hall–Kier alpha value is 0.757. The van der Waals surface area contributed by atoms with Crippen LogP contribution in [0.3, 0.4) is 0 Å².